The largest absolute Gasteiger partial charge is 0.459 e. The summed E-state index contributed by atoms with van der Waals surface area (Å²) in [6.07, 6.45) is 7.81. The highest BCUT2D eigenvalue weighted by Crippen LogP contribution is 2.10. The van der Waals surface area contributed by atoms with Crippen molar-refractivity contribution < 1.29 is 9.21 Å². The monoisotopic (exact) mass is 255 g/mol. The van der Waals surface area contributed by atoms with Crippen LogP contribution in [-0.2, 0) is 0 Å². The minimum atomic E-state index is -0.361. The molecule has 3 rings (SSSR count). The van der Waals surface area contributed by atoms with E-state index in [2.05, 4.69) is 20.3 Å². The molecule has 1 amide bonds. The first-order chi connectivity index (χ1) is 9.33. The second-order valence-corrected chi connectivity index (χ2v) is 3.66. The lowest BCUT2D eigenvalue weighted by Gasteiger charge is -2.04. The topological polar surface area (TPSA) is 85.8 Å². The Morgan fingerprint density at radius 3 is 3.05 bits per heavy atom. The van der Waals surface area contributed by atoms with Crippen molar-refractivity contribution in [3.63, 3.8) is 0 Å². The fourth-order valence-electron chi connectivity index (χ4n) is 1.54. The van der Waals surface area contributed by atoms with Crippen LogP contribution in [-0.4, -0.2) is 25.4 Å². The van der Waals surface area contributed by atoms with Crippen LogP contribution in [0, 0.1) is 0 Å². The molecule has 0 aliphatic heterocycles. The summed E-state index contributed by atoms with van der Waals surface area (Å²) in [6, 6.07) is 4.86. The van der Waals surface area contributed by atoms with E-state index in [-0.39, 0.29) is 11.7 Å². The molecule has 7 nitrogen and oxygen atoms in total. The van der Waals surface area contributed by atoms with Crippen LogP contribution in [0.15, 0.2) is 53.9 Å². The first-order valence-electron chi connectivity index (χ1n) is 5.48. The standard InChI is InChI=1S/C12H9N5O2/c18-12(9-2-1-5-19-9)16-10-6-11(15-7-14-10)17-4-3-13-8-17/h1-8H,(H,14,15,16,18). The smallest absolute Gasteiger partial charge is 0.292 e. The van der Waals surface area contributed by atoms with Crippen molar-refractivity contribution in [1.82, 2.24) is 19.5 Å². The van der Waals surface area contributed by atoms with Crippen molar-refractivity contribution in [2.75, 3.05) is 5.32 Å². The lowest BCUT2D eigenvalue weighted by Crippen LogP contribution is -2.12. The molecule has 0 bridgehead atoms. The van der Waals surface area contributed by atoms with Gasteiger partial charge in [-0.15, -0.1) is 0 Å². The molecule has 0 aromatic carbocycles. The number of aromatic nitrogens is 4. The van der Waals surface area contributed by atoms with Gasteiger partial charge in [0.05, 0.1) is 6.26 Å². The van der Waals surface area contributed by atoms with Crippen molar-refractivity contribution in [2.24, 2.45) is 0 Å². The van der Waals surface area contributed by atoms with Gasteiger partial charge < -0.3 is 9.73 Å². The van der Waals surface area contributed by atoms with Crippen molar-refractivity contribution in [3.05, 3.63) is 55.3 Å². The summed E-state index contributed by atoms with van der Waals surface area (Å²) >= 11 is 0. The zero-order chi connectivity index (χ0) is 13.1. The number of hydrogen-bond donors (Lipinski definition) is 1. The summed E-state index contributed by atoms with van der Waals surface area (Å²) in [4.78, 5) is 23.8. The van der Waals surface area contributed by atoms with Gasteiger partial charge in [-0.25, -0.2) is 15.0 Å². The Morgan fingerprint density at radius 1 is 1.37 bits per heavy atom. The van der Waals surface area contributed by atoms with Gasteiger partial charge in [0, 0.05) is 18.5 Å². The molecule has 3 aromatic rings. The van der Waals surface area contributed by atoms with Gasteiger partial charge in [-0.2, -0.15) is 0 Å². The Hall–Kier alpha value is -2.96. The number of imidazole rings is 1. The molecular formula is C12H9N5O2. The number of amides is 1. The van der Waals surface area contributed by atoms with Gasteiger partial charge in [-0.3, -0.25) is 9.36 Å². The third kappa shape index (κ3) is 2.34. The van der Waals surface area contributed by atoms with Gasteiger partial charge in [0.1, 0.15) is 24.3 Å². The van der Waals surface area contributed by atoms with Gasteiger partial charge in [0.2, 0.25) is 0 Å². The van der Waals surface area contributed by atoms with E-state index < -0.39 is 0 Å². The number of anilines is 1. The van der Waals surface area contributed by atoms with Crippen LogP contribution < -0.4 is 5.32 Å². The summed E-state index contributed by atoms with van der Waals surface area (Å²) in [7, 11) is 0. The molecule has 0 aliphatic rings. The number of hydrogen-bond acceptors (Lipinski definition) is 5. The molecule has 0 unspecified atom stereocenters. The molecule has 3 heterocycles. The minimum Gasteiger partial charge on any atom is -0.459 e. The fraction of sp³-hybridized carbons (Fsp3) is 0. The van der Waals surface area contributed by atoms with E-state index in [1.54, 1.807) is 41.5 Å². The maximum Gasteiger partial charge on any atom is 0.292 e. The lowest BCUT2D eigenvalue weighted by molar-refractivity contribution is 0.0996. The predicted molar refractivity (Wildman–Crippen MR) is 65.8 cm³/mol. The first-order valence-corrected chi connectivity index (χ1v) is 5.48. The molecule has 0 radical (unpaired) electrons. The van der Waals surface area contributed by atoms with E-state index in [4.69, 9.17) is 4.42 Å². The van der Waals surface area contributed by atoms with Gasteiger partial charge >= 0.3 is 0 Å². The number of rotatable bonds is 3. The summed E-state index contributed by atoms with van der Waals surface area (Å²) in [6.45, 7) is 0. The van der Waals surface area contributed by atoms with Crippen molar-refractivity contribution in [2.45, 2.75) is 0 Å². The van der Waals surface area contributed by atoms with Crippen LogP contribution in [0.1, 0.15) is 10.6 Å². The molecule has 0 spiro atoms. The third-order valence-electron chi connectivity index (χ3n) is 2.41. The Bertz CT molecular complexity index is 676. The van der Waals surface area contributed by atoms with Crippen molar-refractivity contribution in [3.8, 4) is 5.82 Å². The van der Waals surface area contributed by atoms with E-state index in [1.807, 2.05) is 0 Å². The minimum absolute atomic E-state index is 0.225. The second-order valence-electron chi connectivity index (χ2n) is 3.66. The molecule has 1 N–H and O–H groups in total. The molecular weight excluding hydrogens is 246 g/mol. The number of nitrogens with one attached hydrogen (secondary N) is 1. The Morgan fingerprint density at radius 2 is 2.32 bits per heavy atom. The average molecular weight is 255 g/mol. The molecule has 0 saturated carbocycles. The van der Waals surface area contributed by atoms with Gasteiger partial charge in [-0.05, 0) is 12.1 Å². The quantitative estimate of drug-likeness (QED) is 0.766. The first kappa shape index (κ1) is 11.1. The highest BCUT2D eigenvalue weighted by molar-refractivity contribution is 6.01. The summed E-state index contributed by atoms with van der Waals surface area (Å²) in [5, 5.41) is 2.63. The number of nitrogens with zero attached hydrogens (tertiary/aromatic N) is 4. The molecule has 0 fully saturated rings. The van der Waals surface area contributed by atoms with Crippen LogP contribution in [0.3, 0.4) is 0 Å². The summed E-state index contributed by atoms with van der Waals surface area (Å²) in [5.41, 5.74) is 0. The van der Waals surface area contributed by atoms with E-state index in [1.165, 1.54) is 12.6 Å². The Kier molecular flexibility index (Phi) is 2.77. The van der Waals surface area contributed by atoms with E-state index >= 15 is 0 Å². The van der Waals surface area contributed by atoms with E-state index in [0.717, 1.165) is 0 Å². The average Bonchev–Trinajstić information content (AvgIpc) is 3.13. The van der Waals surface area contributed by atoms with E-state index in [9.17, 15) is 4.79 Å². The van der Waals surface area contributed by atoms with Crippen molar-refractivity contribution in [1.29, 1.82) is 0 Å². The predicted octanol–water partition coefficient (Wildman–Crippen LogP) is 1.51. The van der Waals surface area contributed by atoms with Gasteiger partial charge in [0.25, 0.3) is 5.91 Å². The molecule has 19 heavy (non-hydrogen) atoms. The number of furan rings is 1. The molecule has 0 atom stereocenters. The van der Waals surface area contributed by atoms with Crippen LogP contribution in [0.5, 0.6) is 0 Å². The molecule has 7 heteroatoms. The van der Waals surface area contributed by atoms with Gasteiger partial charge in [0.15, 0.2) is 5.76 Å². The second kappa shape index (κ2) is 4.73. The van der Waals surface area contributed by atoms with Crippen molar-refractivity contribution >= 4 is 11.7 Å². The van der Waals surface area contributed by atoms with Crippen LogP contribution in [0.4, 0.5) is 5.82 Å². The summed E-state index contributed by atoms with van der Waals surface area (Å²) < 4.78 is 6.71. The number of carbonyl (C=O) groups is 1. The Balaban J connectivity index is 1.82. The SMILES string of the molecule is O=C(Nc1cc(-n2ccnc2)ncn1)c1ccco1. The zero-order valence-electron chi connectivity index (χ0n) is 9.72. The van der Waals surface area contributed by atoms with E-state index in [0.29, 0.717) is 11.6 Å². The number of carbonyl (C=O) groups excluding carboxylic acids is 1. The zero-order valence-corrected chi connectivity index (χ0v) is 9.72. The maximum absolute atomic E-state index is 11.8. The molecule has 3 aromatic heterocycles. The third-order valence-corrected chi connectivity index (χ3v) is 2.41. The molecule has 0 aliphatic carbocycles. The van der Waals surface area contributed by atoms with Crippen LogP contribution in [0.25, 0.3) is 5.82 Å². The molecule has 94 valence electrons. The van der Waals surface area contributed by atoms with Crippen LogP contribution >= 0.6 is 0 Å². The summed E-state index contributed by atoms with van der Waals surface area (Å²) in [5.74, 6) is 0.866. The van der Waals surface area contributed by atoms with Gasteiger partial charge in [-0.1, -0.05) is 0 Å². The maximum atomic E-state index is 11.8. The van der Waals surface area contributed by atoms with Crippen LogP contribution in [0.2, 0.25) is 0 Å². The Labute approximate surface area is 107 Å². The normalized spacial score (nSPS) is 10.3. The highest BCUT2D eigenvalue weighted by atomic mass is 16.3. The fourth-order valence-corrected chi connectivity index (χ4v) is 1.54. The molecule has 0 saturated heterocycles. The highest BCUT2D eigenvalue weighted by Gasteiger charge is 2.10. The lowest BCUT2D eigenvalue weighted by atomic mass is 10.4.